The molecule has 0 aromatic carbocycles. The smallest absolute Gasteiger partial charge is 0.224 e. The van der Waals surface area contributed by atoms with E-state index in [4.69, 9.17) is 0 Å². The zero-order valence-electron chi connectivity index (χ0n) is 9.04. The SMILES string of the molecule is CCCC(C)Nc1ccnc(NC)n1. The van der Waals surface area contributed by atoms with Crippen molar-refractivity contribution in [3.63, 3.8) is 0 Å². The van der Waals surface area contributed by atoms with Gasteiger partial charge >= 0.3 is 0 Å². The Bertz CT molecular complexity index is 275. The number of anilines is 2. The Morgan fingerprint density at radius 2 is 2.29 bits per heavy atom. The molecule has 1 atom stereocenters. The van der Waals surface area contributed by atoms with Crippen molar-refractivity contribution in [1.82, 2.24) is 9.97 Å². The molecule has 2 N–H and O–H groups in total. The van der Waals surface area contributed by atoms with Crippen molar-refractivity contribution < 1.29 is 0 Å². The van der Waals surface area contributed by atoms with Gasteiger partial charge in [0.05, 0.1) is 0 Å². The third kappa shape index (κ3) is 3.20. The van der Waals surface area contributed by atoms with E-state index in [2.05, 4.69) is 34.4 Å². The van der Waals surface area contributed by atoms with Crippen molar-refractivity contribution in [2.45, 2.75) is 32.7 Å². The van der Waals surface area contributed by atoms with Crippen molar-refractivity contribution in [3.8, 4) is 0 Å². The van der Waals surface area contributed by atoms with Crippen molar-refractivity contribution in [2.75, 3.05) is 17.7 Å². The highest BCUT2D eigenvalue weighted by atomic mass is 15.1. The average Bonchev–Trinajstić information content (AvgIpc) is 2.18. The summed E-state index contributed by atoms with van der Waals surface area (Å²) in [5.74, 6) is 1.53. The predicted octanol–water partition coefficient (Wildman–Crippen LogP) is 2.12. The summed E-state index contributed by atoms with van der Waals surface area (Å²) in [6, 6.07) is 2.34. The zero-order valence-corrected chi connectivity index (χ0v) is 9.04. The van der Waals surface area contributed by atoms with E-state index in [-0.39, 0.29) is 0 Å². The van der Waals surface area contributed by atoms with Crippen LogP contribution in [-0.4, -0.2) is 23.1 Å². The molecule has 0 aliphatic carbocycles. The van der Waals surface area contributed by atoms with Gasteiger partial charge in [-0.3, -0.25) is 0 Å². The minimum atomic E-state index is 0.458. The van der Waals surface area contributed by atoms with Crippen LogP contribution in [0.15, 0.2) is 12.3 Å². The topological polar surface area (TPSA) is 49.8 Å². The van der Waals surface area contributed by atoms with E-state index in [1.807, 2.05) is 13.1 Å². The Labute approximate surface area is 85.2 Å². The van der Waals surface area contributed by atoms with Crippen LogP contribution in [0.25, 0.3) is 0 Å². The highest BCUT2D eigenvalue weighted by Gasteiger charge is 2.01. The van der Waals surface area contributed by atoms with Crippen LogP contribution in [-0.2, 0) is 0 Å². The Kier molecular flexibility index (Phi) is 4.16. The van der Waals surface area contributed by atoms with Gasteiger partial charge in [0.1, 0.15) is 5.82 Å². The number of aromatic nitrogens is 2. The number of nitrogens with zero attached hydrogens (tertiary/aromatic N) is 2. The van der Waals surface area contributed by atoms with Crippen LogP contribution in [0.3, 0.4) is 0 Å². The summed E-state index contributed by atoms with van der Waals surface area (Å²) in [7, 11) is 1.81. The van der Waals surface area contributed by atoms with E-state index in [0.29, 0.717) is 12.0 Å². The fourth-order valence-electron chi connectivity index (χ4n) is 1.32. The monoisotopic (exact) mass is 194 g/mol. The Morgan fingerprint density at radius 3 is 2.93 bits per heavy atom. The standard InChI is InChI=1S/C10H18N4/c1-4-5-8(2)13-9-6-7-12-10(11-3)14-9/h6-8H,4-5H2,1-3H3,(H2,11,12,13,14). The van der Waals surface area contributed by atoms with Crippen LogP contribution < -0.4 is 10.6 Å². The summed E-state index contributed by atoms with van der Waals surface area (Å²) in [5.41, 5.74) is 0. The second kappa shape index (κ2) is 5.42. The first kappa shape index (κ1) is 10.8. The van der Waals surface area contributed by atoms with Gasteiger partial charge in [-0.1, -0.05) is 13.3 Å². The van der Waals surface area contributed by atoms with Gasteiger partial charge in [0.25, 0.3) is 0 Å². The van der Waals surface area contributed by atoms with Gasteiger partial charge < -0.3 is 10.6 Å². The first-order chi connectivity index (χ1) is 6.76. The molecule has 0 radical (unpaired) electrons. The Morgan fingerprint density at radius 1 is 1.50 bits per heavy atom. The fraction of sp³-hybridized carbons (Fsp3) is 0.600. The Balaban J connectivity index is 2.57. The van der Waals surface area contributed by atoms with E-state index < -0.39 is 0 Å². The quantitative estimate of drug-likeness (QED) is 0.753. The molecule has 0 fully saturated rings. The molecule has 0 aliphatic rings. The highest BCUT2D eigenvalue weighted by molar-refractivity contribution is 5.39. The van der Waals surface area contributed by atoms with Gasteiger partial charge in [0.15, 0.2) is 0 Å². The molecule has 0 saturated heterocycles. The summed E-state index contributed by atoms with van der Waals surface area (Å²) in [6.07, 6.45) is 4.08. The molecule has 1 rings (SSSR count). The lowest BCUT2D eigenvalue weighted by Gasteiger charge is -2.13. The van der Waals surface area contributed by atoms with E-state index >= 15 is 0 Å². The van der Waals surface area contributed by atoms with Crippen molar-refractivity contribution >= 4 is 11.8 Å². The molecule has 1 aromatic heterocycles. The molecule has 1 unspecified atom stereocenters. The van der Waals surface area contributed by atoms with Crippen LogP contribution in [0, 0.1) is 0 Å². The normalized spacial score (nSPS) is 12.2. The second-order valence-electron chi connectivity index (χ2n) is 3.35. The maximum atomic E-state index is 4.28. The average molecular weight is 194 g/mol. The molecule has 4 heteroatoms. The maximum Gasteiger partial charge on any atom is 0.224 e. The van der Waals surface area contributed by atoms with Crippen LogP contribution in [0.4, 0.5) is 11.8 Å². The third-order valence-electron chi connectivity index (χ3n) is 2.00. The lowest BCUT2D eigenvalue weighted by atomic mass is 10.2. The van der Waals surface area contributed by atoms with Gasteiger partial charge in [-0.05, 0) is 19.4 Å². The lowest BCUT2D eigenvalue weighted by Crippen LogP contribution is -2.15. The molecule has 14 heavy (non-hydrogen) atoms. The summed E-state index contributed by atoms with van der Waals surface area (Å²) in [6.45, 7) is 4.34. The fourth-order valence-corrected chi connectivity index (χ4v) is 1.32. The predicted molar refractivity (Wildman–Crippen MR) is 59.6 cm³/mol. The van der Waals surface area contributed by atoms with Crippen molar-refractivity contribution in [2.24, 2.45) is 0 Å². The molecule has 4 nitrogen and oxygen atoms in total. The number of hydrogen-bond acceptors (Lipinski definition) is 4. The van der Waals surface area contributed by atoms with Gasteiger partial charge in [-0.25, -0.2) is 4.98 Å². The zero-order chi connectivity index (χ0) is 10.4. The number of hydrogen-bond donors (Lipinski definition) is 2. The molecule has 1 heterocycles. The summed E-state index contributed by atoms with van der Waals surface area (Å²) < 4.78 is 0. The summed E-state index contributed by atoms with van der Waals surface area (Å²) in [4.78, 5) is 8.33. The first-order valence-corrected chi connectivity index (χ1v) is 5.03. The molecule has 0 amide bonds. The minimum absolute atomic E-state index is 0.458. The molecule has 1 aromatic rings. The highest BCUT2D eigenvalue weighted by Crippen LogP contribution is 2.08. The molecular formula is C10H18N4. The van der Waals surface area contributed by atoms with Crippen molar-refractivity contribution in [1.29, 1.82) is 0 Å². The summed E-state index contributed by atoms with van der Waals surface area (Å²) >= 11 is 0. The Hall–Kier alpha value is -1.32. The van der Waals surface area contributed by atoms with Crippen molar-refractivity contribution in [3.05, 3.63) is 12.3 Å². The molecule has 0 spiro atoms. The maximum absolute atomic E-state index is 4.28. The molecular weight excluding hydrogens is 176 g/mol. The van der Waals surface area contributed by atoms with E-state index in [0.717, 1.165) is 12.2 Å². The first-order valence-electron chi connectivity index (χ1n) is 5.03. The number of rotatable bonds is 5. The van der Waals surface area contributed by atoms with Crippen LogP contribution >= 0.6 is 0 Å². The lowest BCUT2D eigenvalue weighted by molar-refractivity contribution is 0.687. The van der Waals surface area contributed by atoms with Gasteiger partial charge in [0, 0.05) is 19.3 Å². The van der Waals surface area contributed by atoms with Gasteiger partial charge in [0.2, 0.25) is 5.95 Å². The second-order valence-corrected chi connectivity index (χ2v) is 3.35. The largest absolute Gasteiger partial charge is 0.367 e. The van der Waals surface area contributed by atoms with Crippen LogP contribution in [0.5, 0.6) is 0 Å². The minimum Gasteiger partial charge on any atom is -0.367 e. The van der Waals surface area contributed by atoms with Gasteiger partial charge in [-0.15, -0.1) is 0 Å². The van der Waals surface area contributed by atoms with E-state index in [1.165, 1.54) is 6.42 Å². The molecule has 78 valence electrons. The molecule has 0 saturated carbocycles. The molecule has 0 bridgehead atoms. The van der Waals surface area contributed by atoms with Gasteiger partial charge in [-0.2, -0.15) is 4.98 Å². The molecule has 0 aliphatic heterocycles. The number of nitrogens with one attached hydrogen (secondary N) is 2. The van der Waals surface area contributed by atoms with Crippen LogP contribution in [0.1, 0.15) is 26.7 Å². The summed E-state index contributed by atoms with van der Waals surface area (Å²) in [5, 5.41) is 6.24. The van der Waals surface area contributed by atoms with Crippen LogP contribution in [0.2, 0.25) is 0 Å². The van der Waals surface area contributed by atoms with E-state index in [1.54, 1.807) is 6.20 Å². The third-order valence-corrected chi connectivity index (χ3v) is 2.00. The van der Waals surface area contributed by atoms with E-state index in [9.17, 15) is 0 Å².